The van der Waals surface area contributed by atoms with Crippen LogP contribution in [0.2, 0.25) is 0 Å². The molecule has 1 aliphatic heterocycles. The van der Waals surface area contributed by atoms with Crippen LogP contribution in [0.3, 0.4) is 0 Å². The summed E-state index contributed by atoms with van der Waals surface area (Å²) < 4.78 is 2.00. The molecule has 1 aliphatic rings. The molecule has 2 aromatic rings. The molecule has 0 bridgehead atoms. The van der Waals surface area contributed by atoms with E-state index in [4.69, 9.17) is 0 Å². The van der Waals surface area contributed by atoms with E-state index in [-0.39, 0.29) is 11.8 Å². The molecule has 112 valence electrons. The van der Waals surface area contributed by atoms with Crippen LogP contribution in [-0.4, -0.2) is 44.2 Å². The highest BCUT2D eigenvalue weighted by atomic mass is 16.3. The molecule has 0 saturated carbocycles. The normalized spacial score (nSPS) is 17.2. The third-order valence-electron chi connectivity index (χ3n) is 4.45. The average molecular weight is 287 g/mol. The highest BCUT2D eigenvalue weighted by Gasteiger charge is 2.45. The minimum Gasteiger partial charge on any atom is -0.386 e. The van der Waals surface area contributed by atoms with Gasteiger partial charge in [0.2, 0.25) is 5.91 Å². The molecule has 2 heterocycles. The summed E-state index contributed by atoms with van der Waals surface area (Å²) >= 11 is 0. The zero-order valence-corrected chi connectivity index (χ0v) is 12.5. The number of hydrogen-bond acceptors (Lipinski definition) is 3. The predicted octanol–water partition coefficient (Wildman–Crippen LogP) is 1.66. The lowest BCUT2D eigenvalue weighted by molar-refractivity contribution is -0.163. The monoisotopic (exact) mass is 287 g/mol. The molecule has 0 atom stereocenters. The second kappa shape index (κ2) is 5.15. The van der Waals surface area contributed by atoms with Crippen molar-refractivity contribution in [2.24, 2.45) is 5.92 Å². The van der Waals surface area contributed by atoms with Crippen LogP contribution in [0.15, 0.2) is 30.6 Å². The molecule has 0 unspecified atom stereocenters. The van der Waals surface area contributed by atoms with E-state index in [2.05, 4.69) is 4.98 Å². The molecular formula is C16H21N3O2. The van der Waals surface area contributed by atoms with Gasteiger partial charge in [-0.05, 0) is 18.1 Å². The van der Waals surface area contributed by atoms with Crippen LogP contribution in [0.1, 0.15) is 20.3 Å². The van der Waals surface area contributed by atoms with Crippen molar-refractivity contribution in [3.8, 4) is 0 Å². The zero-order chi connectivity index (χ0) is 15.0. The van der Waals surface area contributed by atoms with E-state index in [1.807, 2.05) is 42.7 Å². The van der Waals surface area contributed by atoms with Crippen molar-refractivity contribution in [2.45, 2.75) is 32.4 Å². The molecule has 0 radical (unpaired) electrons. The Morgan fingerprint density at radius 2 is 2.10 bits per heavy atom. The summed E-state index contributed by atoms with van der Waals surface area (Å²) in [4.78, 5) is 18.2. The first-order valence-electron chi connectivity index (χ1n) is 7.40. The number of carbonyl (C=O) groups excluding carboxylic acids is 1. The lowest BCUT2D eigenvalue weighted by Gasteiger charge is -2.49. The number of nitrogens with zero attached hydrogens (tertiary/aromatic N) is 3. The smallest absolute Gasteiger partial charge is 0.224 e. The van der Waals surface area contributed by atoms with E-state index in [0.717, 1.165) is 11.0 Å². The second-order valence-electron chi connectivity index (χ2n) is 6.18. The van der Waals surface area contributed by atoms with Gasteiger partial charge in [0, 0.05) is 13.0 Å². The highest BCUT2D eigenvalue weighted by molar-refractivity contribution is 5.78. The second-order valence-corrected chi connectivity index (χ2v) is 6.18. The molecular weight excluding hydrogens is 266 g/mol. The quantitative estimate of drug-likeness (QED) is 0.930. The van der Waals surface area contributed by atoms with E-state index >= 15 is 0 Å². The molecule has 0 spiro atoms. The first kappa shape index (κ1) is 14.1. The summed E-state index contributed by atoms with van der Waals surface area (Å²) in [5.74, 6) is 0.275. The van der Waals surface area contributed by atoms with Gasteiger partial charge in [0.15, 0.2) is 0 Å². The Balaban J connectivity index is 1.58. The molecule has 1 amide bonds. The van der Waals surface area contributed by atoms with Crippen LogP contribution < -0.4 is 0 Å². The van der Waals surface area contributed by atoms with Crippen molar-refractivity contribution in [2.75, 3.05) is 13.1 Å². The van der Waals surface area contributed by atoms with Crippen LogP contribution in [0.25, 0.3) is 11.0 Å². The SMILES string of the molecule is CC(C)C1(O)CN(C(=O)CCn2cnc3ccccc32)C1. The van der Waals surface area contributed by atoms with Gasteiger partial charge in [-0.3, -0.25) is 4.79 Å². The number of para-hydroxylation sites is 2. The van der Waals surface area contributed by atoms with Crippen LogP contribution in [0, 0.1) is 5.92 Å². The number of fused-ring (bicyclic) bond motifs is 1. The standard InChI is InChI=1S/C16H21N3O2/c1-12(2)16(21)9-19(10-16)15(20)7-8-18-11-17-13-5-3-4-6-14(13)18/h3-6,11-12,21H,7-10H2,1-2H3. The topological polar surface area (TPSA) is 58.4 Å². The summed E-state index contributed by atoms with van der Waals surface area (Å²) in [7, 11) is 0. The lowest BCUT2D eigenvalue weighted by Crippen LogP contribution is -2.66. The van der Waals surface area contributed by atoms with Crippen molar-refractivity contribution in [1.82, 2.24) is 14.5 Å². The number of imidazole rings is 1. The van der Waals surface area contributed by atoms with E-state index in [1.165, 1.54) is 0 Å². The van der Waals surface area contributed by atoms with E-state index < -0.39 is 5.60 Å². The minimum atomic E-state index is -0.697. The first-order chi connectivity index (χ1) is 9.99. The molecule has 21 heavy (non-hydrogen) atoms. The number of carbonyl (C=O) groups is 1. The Hall–Kier alpha value is -1.88. The highest BCUT2D eigenvalue weighted by Crippen LogP contribution is 2.29. The molecule has 1 aromatic carbocycles. The number of amides is 1. The Labute approximate surface area is 124 Å². The zero-order valence-electron chi connectivity index (χ0n) is 12.5. The molecule has 1 fully saturated rings. The Kier molecular flexibility index (Phi) is 3.45. The van der Waals surface area contributed by atoms with Gasteiger partial charge in [0.1, 0.15) is 5.60 Å². The van der Waals surface area contributed by atoms with Gasteiger partial charge < -0.3 is 14.6 Å². The molecule has 1 saturated heterocycles. The van der Waals surface area contributed by atoms with Crippen LogP contribution in [0.5, 0.6) is 0 Å². The fraction of sp³-hybridized carbons (Fsp3) is 0.500. The van der Waals surface area contributed by atoms with E-state index in [9.17, 15) is 9.90 Å². The maximum absolute atomic E-state index is 12.1. The van der Waals surface area contributed by atoms with Crippen LogP contribution in [-0.2, 0) is 11.3 Å². The summed E-state index contributed by atoms with van der Waals surface area (Å²) in [6, 6.07) is 7.90. The number of benzene rings is 1. The number of likely N-dealkylation sites (tertiary alicyclic amines) is 1. The maximum Gasteiger partial charge on any atom is 0.224 e. The van der Waals surface area contributed by atoms with Gasteiger partial charge in [-0.25, -0.2) is 4.98 Å². The predicted molar refractivity (Wildman–Crippen MR) is 80.7 cm³/mol. The third-order valence-corrected chi connectivity index (χ3v) is 4.45. The van der Waals surface area contributed by atoms with Crippen molar-refractivity contribution in [3.63, 3.8) is 0 Å². The van der Waals surface area contributed by atoms with Crippen LogP contribution in [0.4, 0.5) is 0 Å². The molecule has 3 rings (SSSR count). The Morgan fingerprint density at radius 1 is 1.38 bits per heavy atom. The molecule has 1 N–H and O–H groups in total. The number of aliphatic hydroxyl groups is 1. The van der Waals surface area contributed by atoms with Crippen molar-refractivity contribution in [3.05, 3.63) is 30.6 Å². The fourth-order valence-electron chi connectivity index (χ4n) is 2.72. The molecule has 5 heteroatoms. The van der Waals surface area contributed by atoms with Gasteiger partial charge >= 0.3 is 0 Å². The van der Waals surface area contributed by atoms with Gasteiger partial charge in [0.05, 0.1) is 30.5 Å². The fourth-order valence-corrected chi connectivity index (χ4v) is 2.72. The average Bonchev–Trinajstić information content (AvgIpc) is 2.84. The van der Waals surface area contributed by atoms with Gasteiger partial charge in [-0.1, -0.05) is 26.0 Å². The molecule has 5 nitrogen and oxygen atoms in total. The van der Waals surface area contributed by atoms with Crippen molar-refractivity contribution >= 4 is 16.9 Å². The van der Waals surface area contributed by atoms with Gasteiger partial charge in [-0.15, -0.1) is 0 Å². The largest absolute Gasteiger partial charge is 0.386 e. The van der Waals surface area contributed by atoms with Crippen molar-refractivity contribution < 1.29 is 9.90 Å². The number of hydrogen-bond donors (Lipinski definition) is 1. The van der Waals surface area contributed by atoms with Gasteiger partial charge in [0.25, 0.3) is 0 Å². The van der Waals surface area contributed by atoms with E-state index in [1.54, 1.807) is 11.2 Å². The molecule has 0 aliphatic carbocycles. The van der Waals surface area contributed by atoms with Crippen molar-refractivity contribution in [1.29, 1.82) is 0 Å². The number of β-amino-alcohol motifs (C(OH)–C–C–N with tert-alkyl or cyclic N) is 1. The summed E-state index contributed by atoms with van der Waals surface area (Å²) in [5.41, 5.74) is 1.30. The van der Waals surface area contributed by atoms with E-state index in [0.29, 0.717) is 26.1 Å². The number of aryl methyl sites for hydroxylation is 1. The summed E-state index contributed by atoms with van der Waals surface area (Å²) in [5, 5.41) is 10.2. The number of aromatic nitrogens is 2. The van der Waals surface area contributed by atoms with Gasteiger partial charge in [-0.2, -0.15) is 0 Å². The lowest BCUT2D eigenvalue weighted by atomic mass is 9.83. The third kappa shape index (κ3) is 2.53. The molecule has 1 aromatic heterocycles. The maximum atomic E-state index is 12.1. The summed E-state index contributed by atoms with van der Waals surface area (Å²) in [6.07, 6.45) is 2.22. The summed E-state index contributed by atoms with van der Waals surface area (Å²) in [6.45, 7) is 5.50. The first-order valence-corrected chi connectivity index (χ1v) is 7.40. The minimum absolute atomic E-state index is 0.0955. The number of rotatable bonds is 4. The Morgan fingerprint density at radius 3 is 2.81 bits per heavy atom. The Bertz CT molecular complexity index is 656. The van der Waals surface area contributed by atoms with Crippen LogP contribution >= 0.6 is 0 Å².